The van der Waals surface area contributed by atoms with E-state index >= 15 is 0 Å². The summed E-state index contributed by atoms with van der Waals surface area (Å²) in [5.74, 6) is -1.78. The summed E-state index contributed by atoms with van der Waals surface area (Å²) in [6, 6.07) is 0. The first-order valence-corrected chi connectivity index (χ1v) is 7.32. The molecule has 10 heteroatoms. The minimum atomic E-state index is -0.881. The van der Waals surface area contributed by atoms with Gasteiger partial charge in [0.15, 0.2) is 0 Å². The summed E-state index contributed by atoms with van der Waals surface area (Å²) in [4.78, 5) is 18.6. The summed E-state index contributed by atoms with van der Waals surface area (Å²) in [5.41, 5.74) is 0. The second-order valence-electron chi connectivity index (χ2n) is 1.60. The van der Waals surface area contributed by atoms with Crippen molar-refractivity contribution in [1.82, 2.24) is 0 Å². The lowest BCUT2D eigenvalue weighted by molar-refractivity contribution is -0.134. The fraction of sp³-hybridized carbons (Fsp3) is 0.667. The van der Waals surface area contributed by atoms with E-state index in [1.807, 2.05) is 0 Å². The van der Waals surface area contributed by atoms with Crippen LogP contribution in [0.2, 0.25) is 0 Å². The molecule has 0 radical (unpaired) electrons. The van der Waals surface area contributed by atoms with Crippen LogP contribution in [0.1, 0.15) is 0 Å². The Balaban J connectivity index is -0.000000160. The fourth-order valence-electron chi connectivity index (χ4n) is 0.0745. The second-order valence-corrected chi connectivity index (χ2v) is 4.63. The molecule has 4 N–H and O–H groups in total. The third-order valence-corrected chi connectivity index (χ3v) is 2.51. The maximum atomic E-state index is 9.29. The van der Waals surface area contributed by atoms with Gasteiger partial charge in [0.05, 0.1) is 23.4 Å². The summed E-state index contributed by atoms with van der Waals surface area (Å²) in [5, 5.41) is 31.3. The number of aliphatic hydroxyl groups is 2. The van der Waals surface area contributed by atoms with Crippen molar-refractivity contribution >= 4 is 58.8 Å². The van der Waals surface area contributed by atoms with E-state index in [9.17, 15) is 9.59 Å². The summed E-state index contributed by atoms with van der Waals surface area (Å²) >= 11 is 6.83. The van der Waals surface area contributed by atoms with E-state index in [4.69, 9.17) is 20.4 Å². The molecule has 0 amide bonds. The monoisotopic (exact) mass is 310 g/mol. The Kier molecular flexibility index (Phi) is 27.8. The lowest BCUT2D eigenvalue weighted by Gasteiger charge is -1.85. The van der Waals surface area contributed by atoms with E-state index < -0.39 is 11.9 Å². The zero-order valence-electron chi connectivity index (χ0n) is 8.14. The number of carboxylic acids is 2. The predicted molar refractivity (Wildman–Crippen MR) is 72.3 cm³/mol. The van der Waals surface area contributed by atoms with Crippen LogP contribution in [0.15, 0.2) is 0 Å². The van der Waals surface area contributed by atoms with Crippen LogP contribution in [0.25, 0.3) is 0 Å². The number of rotatable bonds is 5. The molecule has 0 aromatic carbocycles. The van der Waals surface area contributed by atoms with Gasteiger partial charge in [0.2, 0.25) is 0 Å². The van der Waals surface area contributed by atoms with Crippen molar-refractivity contribution in [3.63, 3.8) is 0 Å². The zero-order chi connectivity index (χ0) is 13.4. The van der Waals surface area contributed by atoms with Gasteiger partial charge in [-0.15, -0.1) is 0 Å². The largest absolute Gasteiger partial charge is 0.481 e. The normalized spacial score (nSPS) is 8.00. The highest BCUT2D eigenvalue weighted by Crippen LogP contribution is 2.16. The van der Waals surface area contributed by atoms with Crippen LogP contribution in [0.3, 0.4) is 0 Å². The maximum Gasteiger partial charge on any atom is 0.313 e. The molecule has 0 aliphatic heterocycles. The smallest absolute Gasteiger partial charge is 0.313 e. The lowest BCUT2D eigenvalue weighted by atomic mass is 10.8. The molecular weight excluding hydrogens is 296 g/mol. The van der Waals surface area contributed by atoms with Crippen molar-refractivity contribution in [2.75, 3.05) is 23.4 Å². The van der Waals surface area contributed by atoms with Gasteiger partial charge < -0.3 is 20.4 Å². The SMILES string of the molecule is O=C(O)CS.O=C(O)CS.OCSSCO. The standard InChI is InChI=1S/C2H6O2S2.2C2H4O2S/c3-1-5-6-2-4;2*3-2(4)1-5/h3-4H,1-2H2;2*5H,1H2,(H,3,4). The molecule has 6 nitrogen and oxygen atoms in total. The van der Waals surface area contributed by atoms with E-state index in [0.717, 1.165) is 0 Å². The first-order valence-electron chi connectivity index (χ1n) is 3.57. The quantitative estimate of drug-likeness (QED) is 0.186. The Labute approximate surface area is 112 Å². The Bertz CT molecular complexity index is 149. The molecule has 0 unspecified atom stereocenters. The lowest BCUT2D eigenvalue weighted by Crippen LogP contribution is -1.92. The molecule has 16 heavy (non-hydrogen) atoms. The van der Waals surface area contributed by atoms with Gasteiger partial charge in [0.25, 0.3) is 0 Å². The van der Waals surface area contributed by atoms with Crippen molar-refractivity contribution in [3.05, 3.63) is 0 Å². The van der Waals surface area contributed by atoms with Crippen molar-refractivity contribution in [2.45, 2.75) is 0 Å². The number of aliphatic hydroxyl groups excluding tert-OH is 2. The van der Waals surface area contributed by atoms with Gasteiger partial charge in [-0.05, 0) is 0 Å². The van der Waals surface area contributed by atoms with E-state index in [0.29, 0.717) is 0 Å². The number of thiol groups is 2. The van der Waals surface area contributed by atoms with Gasteiger partial charge in [-0.3, -0.25) is 9.59 Å². The van der Waals surface area contributed by atoms with E-state index in [-0.39, 0.29) is 23.4 Å². The highest BCUT2D eigenvalue weighted by atomic mass is 33.1. The first kappa shape index (κ1) is 21.5. The molecule has 0 saturated heterocycles. The number of hydrogen-bond acceptors (Lipinski definition) is 8. The van der Waals surface area contributed by atoms with Gasteiger partial charge >= 0.3 is 11.9 Å². The number of aliphatic carboxylic acids is 2. The summed E-state index contributed by atoms with van der Waals surface area (Å²) in [6.07, 6.45) is 0. The van der Waals surface area contributed by atoms with Gasteiger partial charge in [0, 0.05) is 0 Å². The molecule has 0 aliphatic rings. The van der Waals surface area contributed by atoms with Crippen molar-refractivity contribution < 1.29 is 30.0 Å². The summed E-state index contributed by atoms with van der Waals surface area (Å²) in [6.45, 7) is 0. The van der Waals surface area contributed by atoms with Gasteiger partial charge in [-0.1, -0.05) is 21.6 Å². The molecule has 98 valence electrons. The molecule has 0 aromatic rings. The van der Waals surface area contributed by atoms with Crippen LogP contribution in [0.4, 0.5) is 0 Å². The first-order chi connectivity index (χ1) is 7.45. The Morgan fingerprint density at radius 2 is 1.06 bits per heavy atom. The van der Waals surface area contributed by atoms with E-state index in [2.05, 4.69) is 25.3 Å². The van der Waals surface area contributed by atoms with Crippen LogP contribution in [0.5, 0.6) is 0 Å². The molecule has 0 fully saturated rings. The number of hydrogen-bond donors (Lipinski definition) is 6. The molecule has 0 spiro atoms. The number of carboxylic acid groups (broad SMARTS) is 2. The minimum Gasteiger partial charge on any atom is -0.481 e. The predicted octanol–water partition coefficient (Wildman–Crippen LogP) is 0.269. The molecule has 0 rings (SSSR count). The van der Waals surface area contributed by atoms with Crippen molar-refractivity contribution in [2.24, 2.45) is 0 Å². The molecule has 0 atom stereocenters. The zero-order valence-corrected chi connectivity index (χ0v) is 11.6. The van der Waals surface area contributed by atoms with Crippen LogP contribution in [-0.4, -0.2) is 55.7 Å². The highest BCUT2D eigenvalue weighted by molar-refractivity contribution is 8.76. The average molecular weight is 310 g/mol. The maximum absolute atomic E-state index is 9.29. The molecule has 0 heterocycles. The van der Waals surface area contributed by atoms with Crippen molar-refractivity contribution in [1.29, 1.82) is 0 Å². The third kappa shape index (κ3) is 47.6. The Morgan fingerprint density at radius 1 is 0.875 bits per heavy atom. The summed E-state index contributed by atoms with van der Waals surface area (Å²) < 4.78 is 0. The molecule has 0 aromatic heterocycles. The van der Waals surface area contributed by atoms with Crippen LogP contribution < -0.4 is 0 Å². The third-order valence-electron chi connectivity index (χ3n) is 0.459. The Morgan fingerprint density at radius 3 is 1.12 bits per heavy atom. The fourth-order valence-corrected chi connectivity index (χ4v) is 0.671. The second kappa shape index (κ2) is 20.6. The minimum absolute atomic E-state index is 0.0746. The molecule has 0 saturated carbocycles. The van der Waals surface area contributed by atoms with Gasteiger partial charge in [-0.25, -0.2) is 0 Å². The van der Waals surface area contributed by atoms with Crippen LogP contribution >= 0.6 is 46.8 Å². The Hall–Kier alpha value is 0.260. The van der Waals surface area contributed by atoms with Crippen LogP contribution in [0, 0.1) is 0 Å². The van der Waals surface area contributed by atoms with Crippen LogP contribution in [-0.2, 0) is 9.59 Å². The topological polar surface area (TPSA) is 115 Å². The average Bonchev–Trinajstić information content (AvgIpc) is 2.27. The van der Waals surface area contributed by atoms with E-state index in [1.54, 1.807) is 0 Å². The van der Waals surface area contributed by atoms with Gasteiger partial charge in [0.1, 0.15) is 0 Å². The number of carbonyl (C=O) groups is 2. The molecule has 0 bridgehead atoms. The molecule has 0 aliphatic carbocycles. The highest BCUT2D eigenvalue weighted by Gasteiger charge is 1.82. The molecular formula is C6H14O6S4. The van der Waals surface area contributed by atoms with Gasteiger partial charge in [-0.2, -0.15) is 25.3 Å². The van der Waals surface area contributed by atoms with E-state index in [1.165, 1.54) is 21.6 Å². The summed E-state index contributed by atoms with van der Waals surface area (Å²) in [7, 11) is 2.46. The van der Waals surface area contributed by atoms with Crippen molar-refractivity contribution in [3.8, 4) is 0 Å².